The molecule has 1 fully saturated rings. The normalized spacial score (nSPS) is 17.4. The zero-order valence-electron chi connectivity index (χ0n) is 11.2. The number of hydrogen-bond donors (Lipinski definition) is 1. The van der Waals surface area contributed by atoms with Crippen LogP contribution in [0.4, 0.5) is 0 Å². The van der Waals surface area contributed by atoms with Crippen molar-refractivity contribution in [3.05, 3.63) is 23.1 Å². The van der Waals surface area contributed by atoms with Crippen LogP contribution < -0.4 is 5.32 Å². The Balaban J connectivity index is 1.90. The number of carbonyl (C=O) groups excluding carboxylic acids is 1. The highest BCUT2D eigenvalue weighted by molar-refractivity contribution is 6.32. The number of morpholine rings is 1. The summed E-state index contributed by atoms with van der Waals surface area (Å²) in [7, 11) is 0. The number of furan rings is 1. The van der Waals surface area contributed by atoms with Gasteiger partial charge in [-0.25, -0.2) is 0 Å². The van der Waals surface area contributed by atoms with E-state index in [1.807, 2.05) is 0 Å². The highest BCUT2D eigenvalue weighted by Crippen LogP contribution is 2.18. The Morgan fingerprint density at radius 3 is 2.74 bits per heavy atom. The van der Waals surface area contributed by atoms with E-state index < -0.39 is 0 Å². The van der Waals surface area contributed by atoms with Crippen molar-refractivity contribution in [3.63, 3.8) is 0 Å². The lowest BCUT2D eigenvalue weighted by molar-refractivity contribution is -0.00923. The van der Waals surface area contributed by atoms with Crippen LogP contribution in [-0.2, 0) is 4.74 Å². The third kappa shape index (κ3) is 3.49. The number of rotatable bonds is 4. The standard InChI is InChI=1S/C13H19ClN2O3/c1-13(2,16-4-7-18-8-5-16)9-15-12(17)10-3-6-19-11(10)14/h3,6H,4-5,7-9H2,1-2H3,(H,15,17). The molecule has 1 N–H and O–H groups in total. The number of nitrogens with zero attached hydrogens (tertiary/aromatic N) is 1. The lowest BCUT2D eigenvalue weighted by Gasteiger charge is -2.40. The van der Waals surface area contributed by atoms with E-state index >= 15 is 0 Å². The molecule has 1 aliphatic rings. The van der Waals surface area contributed by atoms with Crippen molar-refractivity contribution in [2.75, 3.05) is 32.8 Å². The molecule has 1 amide bonds. The highest BCUT2D eigenvalue weighted by Gasteiger charge is 2.29. The van der Waals surface area contributed by atoms with Gasteiger partial charge in [0.1, 0.15) is 0 Å². The van der Waals surface area contributed by atoms with Gasteiger partial charge in [0.15, 0.2) is 0 Å². The molecule has 1 aromatic rings. The van der Waals surface area contributed by atoms with Crippen molar-refractivity contribution in [2.45, 2.75) is 19.4 Å². The molecule has 1 saturated heterocycles. The molecule has 1 aromatic heterocycles. The number of ether oxygens (including phenoxy) is 1. The summed E-state index contributed by atoms with van der Waals surface area (Å²) in [6.45, 7) is 8.01. The molecule has 5 nitrogen and oxygen atoms in total. The Bertz CT molecular complexity index is 439. The number of amides is 1. The highest BCUT2D eigenvalue weighted by atomic mass is 35.5. The van der Waals surface area contributed by atoms with Gasteiger partial charge in [0.25, 0.3) is 5.91 Å². The molecule has 0 radical (unpaired) electrons. The number of nitrogens with one attached hydrogen (secondary N) is 1. The van der Waals surface area contributed by atoms with E-state index in [-0.39, 0.29) is 16.7 Å². The van der Waals surface area contributed by atoms with E-state index in [2.05, 4.69) is 24.1 Å². The molecule has 2 rings (SSSR count). The quantitative estimate of drug-likeness (QED) is 0.917. The fourth-order valence-electron chi connectivity index (χ4n) is 2.13. The minimum atomic E-state index is -0.208. The third-order valence-corrected chi connectivity index (χ3v) is 3.70. The molecule has 0 spiro atoms. The molecule has 0 aromatic carbocycles. The smallest absolute Gasteiger partial charge is 0.256 e. The van der Waals surface area contributed by atoms with E-state index in [4.69, 9.17) is 20.8 Å². The molecule has 19 heavy (non-hydrogen) atoms. The zero-order chi connectivity index (χ0) is 13.9. The van der Waals surface area contributed by atoms with Gasteiger partial charge in [-0.1, -0.05) is 0 Å². The molecule has 106 valence electrons. The van der Waals surface area contributed by atoms with E-state index in [1.54, 1.807) is 6.07 Å². The molecule has 0 unspecified atom stereocenters. The van der Waals surface area contributed by atoms with Gasteiger partial charge in [-0.05, 0) is 31.5 Å². The SMILES string of the molecule is CC(C)(CNC(=O)c1ccoc1Cl)N1CCOCC1. The van der Waals surface area contributed by atoms with Crippen molar-refractivity contribution in [1.29, 1.82) is 0 Å². The van der Waals surface area contributed by atoms with E-state index in [9.17, 15) is 4.79 Å². The maximum Gasteiger partial charge on any atom is 0.256 e. The summed E-state index contributed by atoms with van der Waals surface area (Å²) in [4.78, 5) is 14.3. The number of carbonyl (C=O) groups is 1. The van der Waals surface area contributed by atoms with Crippen LogP contribution in [0.2, 0.25) is 5.22 Å². The Kier molecular flexibility index (Phi) is 4.50. The van der Waals surface area contributed by atoms with E-state index in [0.29, 0.717) is 12.1 Å². The van der Waals surface area contributed by atoms with Crippen LogP contribution in [0, 0.1) is 0 Å². The van der Waals surface area contributed by atoms with Gasteiger partial charge in [0.05, 0.1) is 25.0 Å². The summed E-state index contributed by atoms with van der Waals surface area (Å²) < 4.78 is 10.2. The summed E-state index contributed by atoms with van der Waals surface area (Å²) >= 11 is 5.78. The van der Waals surface area contributed by atoms with Gasteiger partial charge in [0.2, 0.25) is 5.22 Å². The maximum atomic E-state index is 12.0. The maximum absolute atomic E-state index is 12.0. The van der Waals surface area contributed by atoms with E-state index in [0.717, 1.165) is 26.3 Å². The summed E-state index contributed by atoms with van der Waals surface area (Å²) in [5.74, 6) is -0.208. The zero-order valence-corrected chi connectivity index (χ0v) is 12.0. The van der Waals surface area contributed by atoms with Crippen molar-refractivity contribution >= 4 is 17.5 Å². The molecule has 0 bridgehead atoms. The molecule has 0 aliphatic carbocycles. The van der Waals surface area contributed by atoms with Crippen molar-refractivity contribution in [2.24, 2.45) is 0 Å². The van der Waals surface area contributed by atoms with Crippen LogP contribution in [-0.4, -0.2) is 49.2 Å². The second-order valence-corrected chi connectivity index (χ2v) is 5.55. The minimum absolute atomic E-state index is 0.115. The Hall–Kier alpha value is -1.04. The van der Waals surface area contributed by atoms with Gasteiger partial charge in [-0.15, -0.1) is 0 Å². The van der Waals surface area contributed by atoms with E-state index in [1.165, 1.54) is 6.26 Å². The molecular formula is C13H19ClN2O3. The largest absolute Gasteiger partial charge is 0.452 e. The summed E-state index contributed by atoms with van der Waals surface area (Å²) in [5, 5.41) is 3.02. The second-order valence-electron chi connectivity index (χ2n) is 5.20. The Morgan fingerprint density at radius 1 is 1.47 bits per heavy atom. The predicted molar refractivity (Wildman–Crippen MR) is 72.5 cm³/mol. The molecule has 1 aliphatic heterocycles. The first-order valence-electron chi connectivity index (χ1n) is 6.35. The molecular weight excluding hydrogens is 268 g/mol. The van der Waals surface area contributed by atoms with Gasteiger partial charge in [0, 0.05) is 25.2 Å². The minimum Gasteiger partial charge on any atom is -0.452 e. The monoisotopic (exact) mass is 286 g/mol. The predicted octanol–water partition coefficient (Wildman–Crippen LogP) is 1.77. The molecule has 0 saturated carbocycles. The fraction of sp³-hybridized carbons (Fsp3) is 0.615. The molecule has 0 atom stereocenters. The summed E-state index contributed by atoms with van der Waals surface area (Å²) in [6, 6.07) is 1.57. The lowest BCUT2D eigenvalue weighted by Crippen LogP contribution is -2.55. The Labute approximate surface area is 117 Å². The van der Waals surface area contributed by atoms with Crippen molar-refractivity contribution in [1.82, 2.24) is 10.2 Å². The Morgan fingerprint density at radius 2 is 2.16 bits per heavy atom. The second kappa shape index (κ2) is 5.94. The van der Waals surface area contributed by atoms with Crippen LogP contribution in [0.15, 0.2) is 16.7 Å². The first-order valence-corrected chi connectivity index (χ1v) is 6.72. The summed E-state index contributed by atoms with van der Waals surface area (Å²) in [5.41, 5.74) is 0.259. The topological polar surface area (TPSA) is 54.7 Å². The first-order chi connectivity index (χ1) is 9.00. The summed E-state index contributed by atoms with van der Waals surface area (Å²) in [6.07, 6.45) is 1.41. The average Bonchev–Trinajstić information content (AvgIpc) is 2.83. The van der Waals surface area contributed by atoms with Crippen LogP contribution in [0.1, 0.15) is 24.2 Å². The van der Waals surface area contributed by atoms with Crippen LogP contribution in [0.5, 0.6) is 0 Å². The average molecular weight is 287 g/mol. The van der Waals surface area contributed by atoms with Crippen LogP contribution in [0.25, 0.3) is 0 Å². The number of hydrogen-bond acceptors (Lipinski definition) is 4. The first kappa shape index (κ1) is 14.4. The van der Waals surface area contributed by atoms with Gasteiger partial charge in [-0.2, -0.15) is 0 Å². The molecule has 6 heteroatoms. The van der Waals surface area contributed by atoms with Crippen LogP contribution in [0.3, 0.4) is 0 Å². The lowest BCUT2D eigenvalue weighted by atomic mass is 10.0. The van der Waals surface area contributed by atoms with Crippen molar-refractivity contribution < 1.29 is 13.9 Å². The van der Waals surface area contributed by atoms with Gasteiger partial charge < -0.3 is 14.5 Å². The van der Waals surface area contributed by atoms with Gasteiger partial charge >= 0.3 is 0 Å². The molecule has 2 heterocycles. The fourth-order valence-corrected chi connectivity index (χ4v) is 2.33. The van der Waals surface area contributed by atoms with Gasteiger partial charge in [-0.3, -0.25) is 9.69 Å². The third-order valence-electron chi connectivity index (χ3n) is 3.41. The van der Waals surface area contributed by atoms with Crippen molar-refractivity contribution in [3.8, 4) is 0 Å². The number of halogens is 1. The van der Waals surface area contributed by atoms with Crippen LogP contribution >= 0.6 is 11.6 Å².